The van der Waals surface area contributed by atoms with Gasteiger partial charge in [0.05, 0.1) is 5.02 Å². The Morgan fingerprint density at radius 3 is 2.85 bits per heavy atom. The van der Waals surface area contributed by atoms with E-state index in [1.807, 2.05) is 25.1 Å². The van der Waals surface area contributed by atoms with Crippen LogP contribution in [0.3, 0.4) is 0 Å². The molecule has 0 bridgehead atoms. The SMILES string of the molecule is Cc1ccc(-c2nnn[nH]2)c(Cl)c1. The van der Waals surface area contributed by atoms with Crippen LogP contribution in [-0.2, 0) is 0 Å². The van der Waals surface area contributed by atoms with Crippen molar-refractivity contribution in [1.82, 2.24) is 20.6 Å². The van der Waals surface area contributed by atoms with Crippen LogP contribution in [-0.4, -0.2) is 20.6 Å². The van der Waals surface area contributed by atoms with Gasteiger partial charge < -0.3 is 0 Å². The van der Waals surface area contributed by atoms with Crippen LogP contribution < -0.4 is 0 Å². The third-order valence-corrected chi connectivity index (χ3v) is 2.04. The van der Waals surface area contributed by atoms with Crippen molar-refractivity contribution in [2.75, 3.05) is 0 Å². The van der Waals surface area contributed by atoms with Crippen LogP contribution in [0.4, 0.5) is 0 Å². The summed E-state index contributed by atoms with van der Waals surface area (Å²) < 4.78 is 0. The molecule has 2 aromatic rings. The van der Waals surface area contributed by atoms with E-state index in [1.54, 1.807) is 0 Å². The van der Waals surface area contributed by atoms with Gasteiger partial charge >= 0.3 is 0 Å². The molecule has 1 N–H and O–H groups in total. The van der Waals surface area contributed by atoms with Gasteiger partial charge in [0.15, 0.2) is 5.82 Å². The summed E-state index contributed by atoms with van der Waals surface area (Å²) in [5, 5.41) is 14.0. The molecule has 13 heavy (non-hydrogen) atoms. The molecular formula is C8H7ClN4. The number of rotatable bonds is 1. The lowest BCUT2D eigenvalue weighted by Crippen LogP contribution is -1.83. The molecule has 66 valence electrons. The quantitative estimate of drug-likeness (QED) is 0.754. The van der Waals surface area contributed by atoms with Gasteiger partial charge in [-0.2, -0.15) is 0 Å². The molecule has 1 aromatic carbocycles. The zero-order chi connectivity index (χ0) is 9.26. The summed E-state index contributed by atoms with van der Waals surface area (Å²) >= 11 is 6.01. The van der Waals surface area contributed by atoms with Gasteiger partial charge in [-0.05, 0) is 35.0 Å². The monoisotopic (exact) mass is 194 g/mol. The van der Waals surface area contributed by atoms with Gasteiger partial charge in [-0.15, -0.1) is 5.10 Å². The van der Waals surface area contributed by atoms with Crippen LogP contribution >= 0.6 is 11.6 Å². The molecule has 4 nitrogen and oxygen atoms in total. The molecule has 2 rings (SSSR count). The van der Waals surface area contributed by atoms with E-state index in [9.17, 15) is 0 Å². The van der Waals surface area contributed by atoms with Crippen molar-refractivity contribution < 1.29 is 0 Å². The molecule has 0 aliphatic rings. The number of tetrazole rings is 1. The van der Waals surface area contributed by atoms with Gasteiger partial charge in [-0.1, -0.05) is 17.7 Å². The van der Waals surface area contributed by atoms with E-state index in [0.717, 1.165) is 11.1 Å². The number of halogens is 1. The van der Waals surface area contributed by atoms with Crippen molar-refractivity contribution in [3.05, 3.63) is 28.8 Å². The zero-order valence-electron chi connectivity index (χ0n) is 6.95. The highest BCUT2D eigenvalue weighted by Crippen LogP contribution is 2.24. The zero-order valence-corrected chi connectivity index (χ0v) is 7.71. The first kappa shape index (κ1) is 8.19. The van der Waals surface area contributed by atoms with Crippen LogP contribution in [0.5, 0.6) is 0 Å². The molecule has 0 saturated carbocycles. The molecule has 0 spiro atoms. The van der Waals surface area contributed by atoms with Crippen LogP contribution in [0.2, 0.25) is 5.02 Å². The fourth-order valence-electron chi connectivity index (χ4n) is 1.09. The fraction of sp³-hybridized carbons (Fsp3) is 0.125. The first-order chi connectivity index (χ1) is 6.27. The van der Waals surface area contributed by atoms with E-state index >= 15 is 0 Å². The first-order valence-corrected chi connectivity index (χ1v) is 4.15. The Bertz CT molecular complexity index is 410. The minimum Gasteiger partial charge on any atom is -0.239 e. The second kappa shape index (κ2) is 3.14. The van der Waals surface area contributed by atoms with E-state index in [4.69, 9.17) is 11.6 Å². The maximum Gasteiger partial charge on any atom is 0.180 e. The third kappa shape index (κ3) is 1.53. The number of hydrogen-bond donors (Lipinski definition) is 1. The summed E-state index contributed by atoms with van der Waals surface area (Å²) in [7, 11) is 0. The van der Waals surface area contributed by atoms with Crippen molar-refractivity contribution in [1.29, 1.82) is 0 Å². The summed E-state index contributed by atoms with van der Waals surface area (Å²) in [5.41, 5.74) is 1.93. The number of aromatic nitrogens is 4. The number of nitrogens with zero attached hydrogens (tertiary/aromatic N) is 3. The van der Waals surface area contributed by atoms with Crippen molar-refractivity contribution in [3.8, 4) is 11.4 Å². The van der Waals surface area contributed by atoms with Crippen molar-refractivity contribution in [3.63, 3.8) is 0 Å². The number of aromatic amines is 1. The number of aryl methyl sites for hydroxylation is 1. The van der Waals surface area contributed by atoms with E-state index in [2.05, 4.69) is 20.6 Å². The van der Waals surface area contributed by atoms with E-state index in [0.29, 0.717) is 10.8 Å². The molecular weight excluding hydrogens is 188 g/mol. The van der Waals surface area contributed by atoms with E-state index in [1.165, 1.54) is 0 Å². The van der Waals surface area contributed by atoms with Crippen LogP contribution in [0.25, 0.3) is 11.4 Å². The van der Waals surface area contributed by atoms with Gasteiger partial charge in [0.25, 0.3) is 0 Å². The molecule has 1 aromatic heterocycles. The molecule has 0 fully saturated rings. The highest BCUT2D eigenvalue weighted by molar-refractivity contribution is 6.33. The van der Waals surface area contributed by atoms with Gasteiger partial charge in [-0.25, -0.2) is 5.10 Å². The van der Waals surface area contributed by atoms with E-state index < -0.39 is 0 Å². The van der Waals surface area contributed by atoms with Crippen molar-refractivity contribution >= 4 is 11.6 Å². The summed E-state index contributed by atoms with van der Waals surface area (Å²) in [6, 6.07) is 5.73. The third-order valence-electron chi connectivity index (χ3n) is 1.73. The molecule has 0 aliphatic heterocycles. The summed E-state index contributed by atoms with van der Waals surface area (Å²) in [6.07, 6.45) is 0. The maximum atomic E-state index is 6.01. The van der Waals surface area contributed by atoms with Gasteiger partial charge in [0.1, 0.15) is 0 Å². The largest absolute Gasteiger partial charge is 0.239 e. The molecule has 0 saturated heterocycles. The molecule has 0 atom stereocenters. The fourth-order valence-corrected chi connectivity index (χ4v) is 1.41. The van der Waals surface area contributed by atoms with Gasteiger partial charge in [0, 0.05) is 5.56 Å². The molecule has 5 heteroatoms. The molecule has 0 amide bonds. The number of hydrogen-bond acceptors (Lipinski definition) is 3. The number of nitrogens with one attached hydrogen (secondary N) is 1. The first-order valence-electron chi connectivity index (χ1n) is 3.77. The lowest BCUT2D eigenvalue weighted by molar-refractivity contribution is 0.881. The lowest BCUT2D eigenvalue weighted by atomic mass is 10.1. The van der Waals surface area contributed by atoms with Gasteiger partial charge in [-0.3, -0.25) is 0 Å². The minimum atomic E-state index is 0.588. The summed E-state index contributed by atoms with van der Waals surface area (Å²) in [5.74, 6) is 0.588. The number of benzene rings is 1. The highest BCUT2D eigenvalue weighted by atomic mass is 35.5. The highest BCUT2D eigenvalue weighted by Gasteiger charge is 2.05. The van der Waals surface area contributed by atoms with Crippen LogP contribution in [0.15, 0.2) is 18.2 Å². The predicted octanol–water partition coefficient (Wildman–Crippen LogP) is 1.83. The van der Waals surface area contributed by atoms with Crippen LogP contribution in [0, 0.1) is 6.92 Å². The average Bonchev–Trinajstić information content (AvgIpc) is 2.56. The Morgan fingerprint density at radius 1 is 1.38 bits per heavy atom. The Morgan fingerprint density at radius 2 is 2.23 bits per heavy atom. The van der Waals surface area contributed by atoms with Crippen molar-refractivity contribution in [2.45, 2.75) is 6.92 Å². The Balaban J connectivity index is 2.53. The standard InChI is InChI=1S/C8H7ClN4/c1-5-2-3-6(7(9)4-5)8-10-12-13-11-8/h2-4H,1H3,(H,10,11,12,13). The average molecular weight is 195 g/mol. The Kier molecular flexibility index (Phi) is 1.98. The van der Waals surface area contributed by atoms with Crippen LogP contribution in [0.1, 0.15) is 5.56 Å². The molecule has 0 aliphatic carbocycles. The maximum absolute atomic E-state index is 6.01. The van der Waals surface area contributed by atoms with Gasteiger partial charge in [0.2, 0.25) is 0 Å². The predicted molar refractivity (Wildman–Crippen MR) is 49.4 cm³/mol. The minimum absolute atomic E-state index is 0.588. The molecule has 0 unspecified atom stereocenters. The smallest absolute Gasteiger partial charge is 0.180 e. The van der Waals surface area contributed by atoms with E-state index in [-0.39, 0.29) is 0 Å². The number of H-pyrrole nitrogens is 1. The summed E-state index contributed by atoms with van der Waals surface area (Å²) in [4.78, 5) is 0. The molecule has 0 radical (unpaired) electrons. The summed E-state index contributed by atoms with van der Waals surface area (Å²) in [6.45, 7) is 1.98. The molecule has 1 heterocycles. The van der Waals surface area contributed by atoms with Crippen molar-refractivity contribution in [2.24, 2.45) is 0 Å². The Labute approximate surface area is 79.9 Å². The second-order valence-electron chi connectivity index (χ2n) is 2.73. The topological polar surface area (TPSA) is 54.5 Å². The lowest BCUT2D eigenvalue weighted by Gasteiger charge is -1.99. The Hall–Kier alpha value is -1.42. The normalized spacial score (nSPS) is 10.3. The second-order valence-corrected chi connectivity index (χ2v) is 3.14.